The second-order valence-corrected chi connectivity index (χ2v) is 4.28. The number of nitrogens with zero attached hydrogens (tertiary/aromatic N) is 2. The molecule has 0 atom stereocenters. The van der Waals surface area contributed by atoms with Crippen molar-refractivity contribution in [3.63, 3.8) is 0 Å². The normalized spacial score (nSPS) is 20.5. The van der Waals surface area contributed by atoms with Crippen LogP contribution in [0, 0.1) is 0 Å². The van der Waals surface area contributed by atoms with E-state index in [0.717, 1.165) is 12.2 Å². The summed E-state index contributed by atoms with van der Waals surface area (Å²) in [7, 11) is 0. The third kappa shape index (κ3) is 2.48. The van der Waals surface area contributed by atoms with Crippen LogP contribution in [0.5, 0.6) is 5.88 Å². The minimum atomic E-state index is 0.154. The number of hydrogen-bond acceptors (Lipinski definition) is 5. The Bertz CT molecular complexity index is 364. The summed E-state index contributed by atoms with van der Waals surface area (Å²) in [4.78, 5) is 8.52. The molecule has 0 unspecified atom stereocenters. The first kappa shape index (κ1) is 9.99. The zero-order chi connectivity index (χ0) is 10.8. The molecule has 0 radical (unpaired) electrons. The number of aromatic nitrogens is 2. The first-order valence-corrected chi connectivity index (χ1v) is 5.69. The highest BCUT2D eigenvalue weighted by Crippen LogP contribution is 2.19. The predicted octanol–water partition coefficient (Wildman–Crippen LogP) is 0.506. The molecule has 2 fully saturated rings. The lowest BCUT2D eigenvalue weighted by Gasteiger charge is -2.25. The molecule has 0 bridgehead atoms. The molecule has 1 N–H and O–H groups in total. The second kappa shape index (κ2) is 4.35. The van der Waals surface area contributed by atoms with E-state index >= 15 is 0 Å². The highest BCUT2D eigenvalue weighted by atomic mass is 16.6. The average molecular weight is 221 g/mol. The maximum absolute atomic E-state index is 5.59. The summed E-state index contributed by atoms with van der Waals surface area (Å²) in [5.41, 5.74) is 0.935. The fourth-order valence-electron chi connectivity index (χ4n) is 1.52. The molecule has 1 aromatic heterocycles. The van der Waals surface area contributed by atoms with E-state index in [1.54, 1.807) is 12.4 Å². The van der Waals surface area contributed by atoms with Gasteiger partial charge >= 0.3 is 0 Å². The molecule has 16 heavy (non-hydrogen) atoms. The monoisotopic (exact) mass is 221 g/mol. The SMILES string of the molecule is c1ncc(OC2COC2)nc1CNC1CC1. The molecule has 5 nitrogen and oxygen atoms in total. The number of hydrogen-bond donors (Lipinski definition) is 1. The van der Waals surface area contributed by atoms with Crippen LogP contribution >= 0.6 is 0 Å². The summed E-state index contributed by atoms with van der Waals surface area (Å²) in [5.74, 6) is 0.600. The maximum atomic E-state index is 5.59. The van der Waals surface area contributed by atoms with Crippen LogP contribution < -0.4 is 10.1 Å². The van der Waals surface area contributed by atoms with E-state index in [2.05, 4.69) is 15.3 Å². The Morgan fingerprint density at radius 2 is 2.25 bits per heavy atom. The van der Waals surface area contributed by atoms with E-state index in [9.17, 15) is 0 Å². The van der Waals surface area contributed by atoms with Crippen molar-refractivity contribution >= 4 is 0 Å². The van der Waals surface area contributed by atoms with Gasteiger partial charge in [-0.25, -0.2) is 4.98 Å². The Morgan fingerprint density at radius 1 is 1.38 bits per heavy atom. The highest BCUT2D eigenvalue weighted by molar-refractivity contribution is 5.09. The largest absolute Gasteiger partial charge is 0.468 e. The lowest BCUT2D eigenvalue weighted by molar-refractivity contribution is -0.0815. The van der Waals surface area contributed by atoms with Gasteiger partial charge in [-0.05, 0) is 12.8 Å². The topological polar surface area (TPSA) is 56.3 Å². The maximum Gasteiger partial charge on any atom is 0.233 e. The fourth-order valence-corrected chi connectivity index (χ4v) is 1.52. The van der Waals surface area contributed by atoms with Crippen LogP contribution in [0.2, 0.25) is 0 Å². The minimum absolute atomic E-state index is 0.154. The predicted molar refractivity (Wildman–Crippen MR) is 57.1 cm³/mol. The first-order chi connectivity index (χ1) is 7.90. The van der Waals surface area contributed by atoms with Crippen LogP contribution in [0.15, 0.2) is 12.4 Å². The smallest absolute Gasteiger partial charge is 0.233 e. The molecular formula is C11H15N3O2. The van der Waals surface area contributed by atoms with Crippen molar-refractivity contribution in [3.05, 3.63) is 18.1 Å². The van der Waals surface area contributed by atoms with Gasteiger partial charge in [0.1, 0.15) is 6.10 Å². The molecule has 2 heterocycles. The first-order valence-electron chi connectivity index (χ1n) is 5.69. The van der Waals surface area contributed by atoms with Crippen LogP contribution in [-0.2, 0) is 11.3 Å². The molecule has 1 aromatic rings. The van der Waals surface area contributed by atoms with Gasteiger partial charge in [0.25, 0.3) is 0 Å². The number of nitrogens with one attached hydrogen (secondary N) is 1. The van der Waals surface area contributed by atoms with Gasteiger partial charge in [0.2, 0.25) is 5.88 Å². The summed E-state index contributed by atoms with van der Waals surface area (Å²) < 4.78 is 10.6. The molecule has 1 aliphatic heterocycles. The van der Waals surface area contributed by atoms with E-state index in [0.29, 0.717) is 25.1 Å². The van der Waals surface area contributed by atoms with E-state index < -0.39 is 0 Å². The molecular weight excluding hydrogens is 206 g/mol. The molecule has 5 heteroatoms. The molecule has 1 saturated carbocycles. The highest BCUT2D eigenvalue weighted by Gasteiger charge is 2.22. The summed E-state index contributed by atoms with van der Waals surface area (Å²) in [6.07, 6.45) is 6.14. The Labute approximate surface area is 94.2 Å². The van der Waals surface area contributed by atoms with Gasteiger partial charge in [-0.3, -0.25) is 4.98 Å². The minimum Gasteiger partial charge on any atom is -0.468 e. The van der Waals surface area contributed by atoms with Crippen molar-refractivity contribution in [2.24, 2.45) is 0 Å². The third-order valence-corrected chi connectivity index (χ3v) is 2.71. The van der Waals surface area contributed by atoms with Crippen LogP contribution in [0.25, 0.3) is 0 Å². The van der Waals surface area contributed by atoms with E-state index in [-0.39, 0.29) is 6.10 Å². The molecule has 1 aliphatic carbocycles. The van der Waals surface area contributed by atoms with Gasteiger partial charge in [0, 0.05) is 18.8 Å². The molecule has 0 spiro atoms. The third-order valence-electron chi connectivity index (χ3n) is 2.71. The summed E-state index contributed by atoms with van der Waals surface area (Å²) >= 11 is 0. The Kier molecular flexibility index (Phi) is 2.71. The van der Waals surface area contributed by atoms with Gasteiger partial charge in [0.15, 0.2) is 0 Å². The Balaban J connectivity index is 1.57. The molecule has 86 valence electrons. The zero-order valence-corrected chi connectivity index (χ0v) is 9.06. The molecule has 1 saturated heterocycles. The Morgan fingerprint density at radius 3 is 2.94 bits per heavy atom. The lowest BCUT2D eigenvalue weighted by atomic mass is 10.3. The van der Waals surface area contributed by atoms with Crippen molar-refractivity contribution in [1.29, 1.82) is 0 Å². The van der Waals surface area contributed by atoms with Crippen LogP contribution in [-0.4, -0.2) is 35.3 Å². The standard InChI is InChI=1S/C11H15N3O2/c1-2-8(1)13-4-9-3-12-5-11(14-9)16-10-6-15-7-10/h3,5,8,10,13H,1-2,4,6-7H2. The quantitative estimate of drug-likeness (QED) is 0.785. The van der Waals surface area contributed by atoms with Crippen molar-refractivity contribution < 1.29 is 9.47 Å². The molecule has 2 aliphatic rings. The van der Waals surface area contributed by atoms with Crippen LogP contribution in [0.4, 0.5) is 0 Å². The molecule has 3 rings (SSSR count). The van der Waals surface area contributed by atoms with Crippen molar-refractivity contribution in [2.75, 3.05) is 13.2 Å². The van der Waals surface area contributed by atoms with Crippen molar-refractivity contribution in [3.8, 4) is 5.88 Å². The van der Waals surface area contributed by atoms with Gasteiger partial charge in [-0.15, -0.1) is 0 Å². The van der Waals surface area contributed by atoms with Gasteiger partial charge in [-0.1, -0.05) is 0 Å². The zero-order valence-electron chi connectivity index (χ0n) is 9.06. The summed E-state index contributed by atoms with van der Waals surface area (Å²) in [6, 6.07) is 0.686. The lowest BCUT2D eigenvalue weighted by Crippen LogP contribution is -2.38. The van der Waals surface area contributed by atoms with Gasteiger partial charge < -0.3 is 14.8 Å². The van der Waals surface area contributed by atoms with Crippen molar-refractivity contribution in [2.45, 2.75) is 31.5 Å². The van der Waals surface area contributed by atoms with Crippen molar-refractivity contribution in [1.82, 2.24) is 15.3 Å². The average Bonchev–Trinajstić information content (AvgIpc) is 3.05. The fraction of sp³-hybridized carbons (Fsp3) is 0.636. The Hall–Kier alpha value is -1.20. The summed E-state index contributed by atoms with van der Waals surface area (Å²) in [6.45, 7) is 2.09. The van der Waals surface area contributed by atoms with E-state index in [1.165, 1.54) is 12.8 Å². The van der Waals surface area contributed by atoms with Gasteiger partial charge in [0.05, 0.1) is 25.1 Å². The number of rotatable bonds is 5. The summed E-state index contributed by atoms with van der Waals surface area (Å²) in [5, 5.41) is 3.40. The van der Waals surface area contributed by atoms with E-state index in [1.807, 2.05) is 0 Å². The molecule has 0 amide bonds. The van der Waals surface area contributed by atoms with E-state index in [4.69, 9.17) is 9.47 Å². The van der Waals surface area contributed by atoms with Crippen LogP contribution in [0.1, 0.15) is 18.5 Å². The molecule has 0 aromatic carbocycles. The van der Waals surface area contributed by atoms with Gasteiger partial charge in [-0.2, -0.15) is 0 Å². The number of ether oxygens (including phenoxy) is 2. The van der Waals surface area contributed by atoms with Crippen LogP contribution in [0.3, 0.4) is 0 Å². The second-order valence-electron chi connectivity index (χ2n) is 4.28.